The fourth-order valence-electron chi connectivity index (χ4n) is 1.93. The summed E-state index contributed by atoms with van der Waals surface area (Å²) in [6.07, 6.45) is -2.65. The summed E-state index contributed by atoms with van der Waals surface area (Å²) in [5.74, 6) is 5.44. The van der Waals surface area contributed by atoms with Gasteiger partial charge in [0, 0.05) is 0 Å². The fourth-order valence-corrected chi connectivity index (χ4v) is 1.93. The van der Waals surface area contributed by atoms with Crippen LogP contribution in [0.2, 0.25) is 0 Å². The zero-order valence-corrected chi connectivity index (χ0v) is 12.3. The van der Waals surface area contributed by atoms with E-state index in [0.29, 0.717) is 6.54 Å². The number of para-hydroxylation sites is 1. The van der Waals surface area contributed by atoms with Crippen LogP contribution in [-0.2, 0) is 0 Å². The lowest BCUT2D eigenvalue weighted by Crippen LogP contribution is -2.25. The van der Waals surface area contributed by atoms with Crippen LogP contribution >= 0.6 is 0 Å². The molecule has 0 bridgehead atoms. The smallest absolute Gasteiger partial charge is 0.404 e. The maximum absolute atomic E-state index is 12.3. The molecule has 0 aromatic heterocycles. The van der Waals surface area contributed by atoms with Crippen molar-refractivity contribution in [2.45, 2.75) is 33.1 Å². The summed E-state index contributed by atoms with van der Waals surface area (Å²) < 4.78 is 40.9. The van der Waals surface area contributed by atoms with E-state index in [-0.39, 0.29) is 11.3 Å². The molecule has 0 aliphatic carbocycles. The molecule has 0 amide bonds. The van der Waals surface area contributed by atoms with Crippen LogP contribution in [0.15, 0.2) is 24.3 Å². The first-order valence-corrected chi connectivity index (χ1v) is 7.02. The minimum absolute atomic E-state index is 0.253. The van der Waals surface area contributed by atoms with Crippen molar-refractivity contribution < 1.29 is 17.9 Å². The Kier molecular flexibility index (Phi) is 7.10. The number of hydrogen-bond acceptors (Lipinski definition) is 2. The molecular formula is C16H20F3NO. The monoisotopic (exact) mass is 299 g/mol. The van der Waals surface area contributed by atoms with Gasteiger partial charge in [0.1, 0.15) is 5.75 Å². The third kappa shape index (κ3) is 7.05. The molecule has 1 rings (SSSR count). The van der Waals surface area contributed by atoms with Crippen LogP contribution in [0.4, 0.5) is 13.2 Å². The molecule has 0 atom stereocenters. The standard InChI is InChI=1S/C16H20F3NO/c1-3-11-20(12-4-2)13-7-9-14-8-5-6-10-15(14)21-16(17,18)19/h5-6,8,10H,3-4,11-13H2,1-2H3. The van der Waals surface area contributed by atoms with Gasteiger partial charge in [0.05, 0.1) is 12.1 Å². The average Bonchev–Trinajstić information content (AvgIpc) is 2.39. The Labute approximate surface area is 123 Å². The Morgan fingerprint density at radius 2 is 1.71 bits per heavy atom. The largest absolute Gasteiger partial charge is 0.573 e. The van der Waals surface area contributed by atoms with E-state index in [0.717, 1.165) is 25.9 Å². The molecule has 0 radical (unpaired) electrons. The first-order valence-electron chi connectivity index (χ1n) is 7.02. The molecule has 2 nitrogen and oxygen atoms in total. The Morgan fingerprint density at radius 1 is 1.10 bits per heavy atom. The zero-order chi connectivity index (χ0) is 15.7. The van der Waals surface area contributed by atoms with Gasteiger partial charge in [0.15, 0.2) is 0 Å². The lowest BCUT2D eigenvalue weighted by molar-refractivity contribution is -0.274. The first kappa shape index (κ1) is 17.4. The molecule has 0 unspecified atom stereocenters. The van der Waals surface area contributed by atoms with Crippen molar-refractivity contribution in [1.29, 1.82) is 0 Å². The highest BCUT2D eigenvalue weighted by molar-refractivity contribution is 5.46. The van der Waals surface area contributed by atoms with Crippen LogP contribution in [-0.4, -0.2) is 30.9 Å². The van der Waals surface area contributed by atoms with E-state index in [2.05, 4.69) is 35.3 Å². The summed E-state index contributed by atoms with van der Waals surface area (Å²) >= 11 is 0. The van der Waals surface area contributed by atoms with Gasteiger partial charge in [-0.3, -0.25) is 4.90 Å². The first-order chi connectivity index (χ1) is 9.96. The Hall–Kier alpha value is -1.67. The number of halogens is 3. The number of benzene rings is 1. The summed E-state index contributed by atoms with van der Waals surface area (Å²) in [5.41, 5.74) is 0.253. The van der Waals surface area contributed by atoms with Gasteiger partial charge in [-0.2, -0.15) is 0 Å². The normalized spacial score (nSPS) is 11.1. The fraction of sp³-hybridized carbons (Fsp3) is 0.500. The van der Waals surface area contributed by atoms with Gasteiger partial charge in [0.2, 0.25) is 0 Å². The Balaban J connectivity index is 2.76. The Morgan fingerprint density at radius 3 is 2.29 bits per heavy atom. The van der Waals surface area contributed by atoms with Crippen LogP contribution in [0, 0.1) is 11.8 Å². The molecule has 0 heterocycles. The molecule has 5 heteroatoms. The lowest BCUT2D eigenvalue weighted by atomic mass is 10.2. The molecule has 0 aliphatic rings. The van der Waals surface area contributed by atoms with Crippen molar-refractivity contribution in [3.63, 3.8) is 0 Å². The van der Waals surface area contributed by atoms with Gasteiger partial charge in [-0.1, -0.05) is 37.8 Å². The van der Waals surface area contributed by atoms with Gasteiger partial charge in [-0.25, -0.2) is 0 Å². The highest BCUT2D eigenvalue weighted by atomic mass is 19.4. The van der Waals surface area contributed by atoms with Gasteiger partial charge in [0.25, 0.3) is 0 Å². The second-order valence-electron chi connectivity index (χ2n) is 4.62. The minimum atomic E-state index is -4.70. The van der Waals surface area contributed by atoms with E-state index < -0.39 is 6.36 Å². The van der Waals surface area contributed by atoms with Crippen LogP contribution in [0.3, 0.4) is 0 Å². The van der Waals surface area contributed by atoms with Gasteiger partial charge in [-0.05, 0) is 38.1 Å². The second kappa shape index (κ2) is 8.58. The second-order valence-corrected chi connectivity index (χ2v) is 4.62. The van der Waals surface area contributed by atoms with Crippen molar-refractivity contribution in [2.24, 2.45) is 0 Å². The molecule has 1 aromatic rings. The molecule has 0 saturated carbocycles. The van der Waals surface area contributed by atoms with E-state index in [1.54, 1.807) is 6.07 Å². The molecule has 0 N–H and O–H groups in total. The summed E-state index contributed by atoms with van der Waals surface area (Å²) in [7, 11) is 0. The maximum atomic E-state index is 12.3. The molecule has 21 heavy (non-hydrogen) atoms. The van der Waals surface area contributed by atoms with Crippen molar-refractivity contribution >= 4 is 0 Å². The van der Waals surface area contributed by atoms with E-state index in [4.69, 9.17) is 0 Å². The number of nitrogens with zero attached hydrogens (tertiary/aromatic N) is 1. The maximum Gasteiger partial charge on any atom is 0.573 e. The molecule has 0 fully saturated rings. The van der Waals surface area contributed by atoms with Crippen molar-refractivity contribution in [1.82, 2.24) is 4.90 Å². The minimum Gasteiger partial charge on any atom is -0.404 e. The SMILES string of the molecule is CCCN(CC#Cc1ccccc1OC(F)(F)F)CCC. The van der Waals surface area contributed by atoms with Crippen LogP contribution in [0.1, 0.15) is 32.3 Å². The molecule has 1 aromatic carbocycles. The molecule has 0 aliphatic heterocycles. The average molecular weight is 299 g/mol. The number of rotatable bonds is 6. The van der Waals surface area contributed by atoms with E-state index in [9.17, 15) is 13.2 Å². The Bertz CT molecular complexity index is 482. The third-order valence-corrected chi connectivity index (χ3v) is 2.72. The van der Waals surface area contributed by atoms with Gasteiger partial charge < -0.3 is 4.74 Å². The number of ether oxygens (including phenoxy) is 1. The van der Waals surface area contributed by atoms with Crippen molar-refractivity contribution in [3.05, 3.63) is 29.8 Å². The summed E-state index contributed by atoms with van der Waals surface area (Å²) in [5, 5.41) is 0. The highest BCUT2D eigenvalue weighted by Gasteiger charge is 2.31. The predicted molar refractivity (Wildman–Crippen MR) is 77.0 cm³/mol. The van der Waals surface area contributed by atoms with E-state index >= 15 is 0 Å². The zero-order valence-electron chi connectivity index (χ0n) is 12.3. The summed E-state index contributed by atoms with van der Waals surface area (Å²) in [6, 6.07) is 5.93. The molecule has 0 saturated heterocycles. The third-order valence-electron chi connectivity index (χ3n) is 2.72. The summed E-state index contributed by atoms with van der Waals surface area (Å²) in [4.78, 5) is 2.18. The van der Waals surface area contributed by atoms with Crippen LogP contribution in [0.25, 0.3) is 0 Å². The number of hydrogen-bond donors (Lipinski definition) is 0. The number of alkyl halides is 3. The predicted octanol–water partition coefficient (Wildman–Crippen LogP) is 4.06. The van der Waals surface area contributed by atoms with Crippen molar-refractivity contribution in [3.8, 4) is 17.6 Å². The topological polar surface area (TPSA) is 12.5 Å². The van der Waals surface area contributed by atoms with Gasteiger partial charge >= 0.3 is 6.36 Å². The molecule has 0 spiro atoms. The molecular weight excluding hydrogens is 279 g/mol. The van der Waals surface area contributed by atoms with E-state index in [1.807, 2.05) is 0 Å². The van der Waals surface area contributed by atoms with Crippen LogP contribution < -0.4 is 4.74 Å². The van der Waals surface area contributed by atoms with E-state index in [1.165, 1.54) is 18.2 Å². The quantitative estimate of drug-likeness (QED) is 0.735. The van der Waals surface area contributed by atoms with Gasteiger partial charge in [-0.15, -0.1) is 13.2 Å². The highest BCUT2D eigenvalue weighted by Crippen LogP contribution is 2.25. The molecule has 116 valence electrons. The van der Waals surface area contributed by atoms with Crippen LogP contribution in [0.5, 0.6) is 5.75 Å². The lowest BCUT2D eigenvalue weighted by Gasteiger charge is -2.17. The van der Waals surface area contributed by atoms with Crippen molar-refractivity contribution in [2.75, 3.05) is 19.6 Å². The summed E-state index contributed by atoms with van der Waals surface area (Å²) in [6.45, 7) is 6.58.